The van der Waals surface area contributed by atoms with Gasteiger partial charge in [-0.2, -0.15) is 0 Å². The fourth-order valence-electron chi connectivity index (χ4n) is 2.18. The van der Waals surface area contributed by atoms with Crippen molar-refractivity contribution in [2.24, 2.45) is 0 Å². The Labute approximate surface area is 126 Å². The number of rotatable bonds is 4. The van der Waals surface area contributed by atoms with Crippen molar-refractivity contribution in [2.75, 3.05) is 13.4 Å². The van der Waals surface area contributed by atoms with Gasteiger partial charge in [-0.15, -0.1) is 0 Å². The molecule has 0 spiro atoms. The molecule has 1 fully saturated rings. The van der Waals surface area contributed by atoms with Gasteiger partial charge in [0.2, 0.25) is 6.10 Å². The van der Waals surface area contributed by atoms with Gasteiger partial charge >= 0.3 is 11.9 Å². The number of benzene rings is 1. The molecule has 6 nitrogen and oxygen atoms in total. The van der Waals surface area contributed by atoms with Crippen LogP contribution in [-0.2, 0) is 19.1 Å². The van der Waals surface area contributed by atoms with E-state index in [1.807, 2.05) is 0 Å². The summed E-state index contributed by atoms with van der Waals surface area (Å²) >= 11 is 1.27. The van der Waals surface area contributed by atoms with Gasteiger partial charge in [-0.25, -0.2) is 4.79 Å². The summed E-state index contributed by atoms with van der Waals surface area (Å²) in [5.74, 6) is -1.16. The van der Waals surface area contributed by atoms with Crippen LogP contribution in [0, 0.1) is 0 Å². The first-order chi connectivity index (χ1) is 9.99. The molecule has 1 saturated heterocycles. The summed E-state index contributed by atoms with van der Waals surface area (Å²) in [7, 11) is 1.31. The number of β-lactam (4-membered cyclic amide) rings is 1. The third-order valence-electron chi connectivity index (χ3n) is 3.16. The molecule has 21 heavy (non-hydrogen) atoms. The summed E-state index contributed by atoms with van der Waals surface area (Å²) in [4.78, 5) is 34.4. The van der Waals surface area contributed by atoms with E-state index in [1.165, 1.54) is 26.0 Å². The Morgan fingerprint density at radius 3 is 2.33 bits per heavy atom. The van der Waals surface area contributed by atoms with Crippen LogP contribution in [0.25, 0.3) is 0 Å². The van der Waals surface area contributed by atoms with Crippen molar-refractivity contribution in [2.45, 2.75) is 19.1 Å². The standard InChI is InChI=1S/C14H15NO5S/c1-8(16)20-12-11(15(21-3)13(12)17)9-4-6-10(7-5-9)14(18)19-2/h4-7,11-12H,1-3H3/t11-,12+/m0/s1. The number of amides is 1. The minimum Gasteiger partial charge on any atom is -0.465 e. The van der Waals surface area contributed by atoms with E-state index in [2.05, 4.69) is 4.74 Å². The van der Waals surface area contributed by atoms with Crippen LogP contribution in [0.15, 0.2) is 24.3 Å². The predicted octanol–water partition coefficient (Wildman–Crippen LogP) is 1.57. The molecule has 0 unspecified atom stereocenters. The van der Waals surface area contributed by atoms with Crippen molar-refractivity contribution < 1.29 is 23.9 Å². The van der Waals surface area contributed by atoms with E-state index in [0.29, 0.717) is 5.56 Å². The molecule has 1 aliphatic heterocycles. The van der Waals surface area contributed by atoms with E-state index >= 15 is 0 Å². The monoisotopic (exact) mass is 309 g/mol. The molecule has 2 rings (SSSR count). The van der Waals surface area contributed by atoms with Crippen LogP contribution in [0.3, 0.4) is 0 Å². The number of ether oxygens (including phenoxy) is 2. The van der Waals surface area contributed by atoms with E-state index in [-0.39, 0.29) is 11.9 Å². The highest BCUT2D eigenvalue weighted by atomic mass is 32.2. The molecule has 7 heteroatoms. The van der Waals surface area contributed by atoms with Gasteiger partial charge in [0.15, 0.2) is 0 Å². The molecule has 1 amide bonds. The summed E-state index contributed by atoms with van der Waals surface area (Å²) in [6.45, 7) is 1.27. The molecule has 2 atom stereocenters. The van der Waals surface area contributed by atoms with E-state index in [9.17, 15) is 14.4 Å². The Kier molecular flexibility index (Phi) is 4.52. The van der Waals surface area contributed by atoms with Crippen molar-refractivity contribution in [3.63, 3.8) is 0 Å². The molecule has 0 saturated carbocycles. The van der Waals surface area contributed by atoms with Crippen molar-refractivity contribution in [3.05, 3.63) is 35.4 Å². The third kappa shape index (κ3) is 2.87. The zero-order valence-electron chi connectivity index (χ0n) is 11.9. The number of hydrogen-bond donors (Lipinski definition) is 0. The number of esters is 2. The lowest BCUT2D eigenvalue weighted by atomic mass is 9.93. The second kappa shape index (κ2) is 6.17. The molecule has 0 radical (unpaired) electrons. The van der Waals surface area contributed by atoms with E-state index in [0.717, 1.165) is 5.56 Å². The molecule has 1 heterocycles. The maximum Gasteiger partial charge on any atom is 0.337 e. The SMILES string of the molecule is COC(=O)c1ccc([C@H]2[C@@H](OC(C)=O)C(=O)N2SC)cc1. The molecule has 112 valence electrons. The van der Waals surface area contributed by atoms with Gasteiger partial charge in [0, 0.05) is 13.2 Å². The predicted molar refractivity (Wildman–Crippen MR) is 76.4 cm³/mol. The number of carbonyl (C=O) groups excluding carboxylic acids is 3. The first-order valence-electron chi connectivity index (χ1n) is 6.22. The van der Waals surface area contributed by atoms with Crippen LogP contribution in [0.1, 0.15) is 28.9 Å². The second-order valence-electron chi connectivity index (χ2n) is 4.44. The summed E-state index contributed by atoms with van der Waals surface area (Å²) in [6.07, 6.45) is 0.969. The summed E-state index contributed by atoms with van der Waals surface area (Å²) in [5, 5.41) is 0. The van der Waals surface area contributed by atoms with Crippen LogP contribution in [-0.4, -0.2) is 41.6 Å². The van der Waals surface area contributed by atoms with Crippen LogP contribution < -0.4 is 0 Å². The second-order valence-corrected chi connectivity index (χ2v) is 5.19. The zero-order chi connectivity index (χ0) is 15.6. The molecule has 1 aromatic carbocycles. The largest absolute Gasteiger partial charge is 0.465 e. The number of nitrogens with zero attached hydrogens (tertiary/aromatic N) is 1. The zero-order valence-corrected chi connectivity index (χ0v) is 12.7. The summed E-state index contributed by atoms with van der Waals surface area (Å²) < 4.78 is 11.2. The van der Waals surface area contributed by atoms with Crippen molar-refractivity contribution in [3.8, 4) is 0 Å². The van der Waals surface area contributed by atoms with Gasteiger partial charge in [0.1, 0.15) is 6.04 Å². The summed E-state index contributed by atoms with van der Waals surface area (Å²) in [6, 6.07) is 6.34. The van der Waals surface area contributed by atoms with Gasteiger partial charge in [0.25, 0.3) is 5.91 Å². The lowest BCUT2D eigenvalue weighted by molar-refractivity contribution is -0.173. The fraction of sp³-hybridized carbons (Fsp3) is 0.357. The lowest BCUT2D eigenvalue weighted by Crippen LogP contribution is -2.56. The van der Waals surface area contributed by atoms with Gasteiger partial charge < -0.3 is 9.47 Å². The highest BCUT2D eigenvalue weighted by Gasteiger charge is 2.50. The molecule has 0 N–H and O–H groups in total. The molecule has 1 aliphatic rings. The molecule has 1 aromatic rings. The Hall–Kier alpha value is -2.02. The molecular formula is C14H15NO5S. The maximum atomic E-state index is 11.9. The smallest absolute Gasteiger partial charge is 0.337 e. The fourth-order valence-corrected chi connectivity index (χ4v) is 2.92. The highest BCUT2D eigenvalue weighted by Crippen LogP contribution is 2.41. The minimum absolute atomic E-state index is 0.236. The molecular weight excluding hydrogens is 294 g/mol. The van der Waals surface area contributed by atoms with Gasteiger partial charge in [0.05, 0.1) is 12.7 Å². The van der Waals surface area contributed by atoms with E-state index in [1.54, 1.807) is 34.8 Å². The lowest BCUT2D eigenvalue weighted by Gasteiger charge is -2.44. The van der Waals surface area contributed by atoms with Crippen LogP contribution in [0.4, 0.5) is 0 Å². The summed E-state index contributed by atoms with van der Waals surface area (Å²) in [5.41, 5.74) is 1.22. The van der Waals surface area contributed by atoms with Gasteiger partial charge in [-0.1, -0.05) is 24.1 Å². The Bertz CT molecular complexity index is 571. The molecule has 0 aliphatic carbocycles. The van der Waals surface area contributed by atoms with Crippen LogP contribution >= 0.6 is 11.9 Å². The quantitative estimate of drug-likeness (QED) is 0.477. The van der Waals surface area contributed by atoms with Crippen LogP contribution in [0.2, 0.25) is 0 Å². The van der Waals surface area contributed by atoms with Gasteiger partial charge in [-0.05, 0) is 17.7 Å². The van der Waals surface area contributed by atoms with Crippen molar-refractivity contribution >= 4 is 29.8 Å². The average molecular weight is 309 g/mol. The average Bonchev–Trinajstić information content (AvgIpc) is 2.49. The van der Waals surface area contributed by atoms with E-state index < -0.39 is 18.0 Å². The Balaban J connectivity index is 2.23. The van der Waals surface area contributed by atoms with E-state index in [4.69, 9.17) is 4.74 Å². The normalized spacial score (nSPS) is 20.7. The Morgan fingerprint density at radius 2 is 1.86 bits per heavy atom. The number of carbonyl (C=O) groups is 3. The van der Waals surface area contributed by atoms with Gasteiger partial charge in [-0.3, -0.25) is 13.9 Å². The van der Waals surface area contributed by atoms with Crippen LogP contribution in [0.5, 0.6) is 0 Å². The van der Waals surface area contributed by atoms with Crippen molar-refractivity contribution in [1.29, 1.82) is 0 Å². The molecule has 0 aromatic heterocycles. The van der Waals surface area contributed by atoms with Crippen molar-refractivity contribution in [1.82, 2.24) is 4.31 Å². The number of methoxy groups -OCH3 is 1. The molecule has 0 bridgehead atoms. The topological polar surface area (TPSA) is 72.9 Å². The first kappa shape index (κ1) is 15.4. The number of hydrogen-bond acceptors (Lipinski definition) is 6. The Morgan fingerprint density at radius 1 is 1.24 bits per heavy atom. The first-order valence-corrected chi connectivity index (χ1v) is 7.40. The maximum absolute atomic E-state index is 11.9. The minimum atomic E-state index is -0.807. The third-order valence-corrected chi connectivity index (χ3v) is 3.96. The highest BCUT2D eigenvalue weighted by molar-refractivity contribution is 7.96.